The molecule has 0 aliphatic carbocycles. The van der Waals surface area contributed by atoms with Crippen LogP contribution in [0, 0.1) is 0 Å². The first-order valence-electron chi connectivity index (χ1n) is 8.11. The Bertz CT molecular complexity index is 1130. The number of benzene rings is 3. The summed E-state index contributed by atoms with van der Waals surface area (Å²) >= 11 is 3.46. The SMILES string of the molecule is O=c1[nH]ccc2cc(CCO)c3ccc(-c4ccc(Br)cc4)cc3c12. The number of halogens is 1. The third-order valence-electron chi connectivity index (χ3n) is 4.52. The smallest absolute Gasteiger partial charge is 0.256 e. The van der Waals surface area contributed by atoms with Crippen molar-refractivity contribution in [1.29, 1.82) is 0 Å². The number of pyridine rings is 1. The van der Waals surface area contributed by atoms with E-state index in [0.717, 1.165) is 37.3 Å². The predicted octanol–water partition coefficient (Wildman–Crippen LogP) is 4.65. The number of aliphatic hydroxyl groups excluding tert-OH is 1. The summed E-state index contributed by atoms with van der Waals surface area (Å²) in [5.74, 6) is 0. The Morgan fingerprint density at radius 3 is 2.44 bits per heavy atom. The topological polar surface area (TPSA) is 53.1 Å². The summed E-state index contributed by atoms with van der Waals surface area (Å²) in [6.07, 6.45) is 2.23. The molecule has 0 bridgehead atoms. The molecule has 0 radical (unpaired) electrons. The fraction of sp³-hybridized carbons (Fsp3) is 0.0952. The quantitative estimate of drug-likeness (QED) is 0.497. The lowest BCUT2D eigenvalue weighted by atomic mass is 9.93. The van der Waals surface area contributed by atoms with Gasteiger partial charge < -0.3 is 10.1 Å². The van der Waals surface area contributed by atoms with Crippen molar-refractivity contribution in [2.75, 3.05) is 6.61 Å². The summed E-state index contributed by atoms with van der Waals surface area (Å²) in [5.41, 5.74) is 3.12. The lowest BCUT2D eigenvalue weighted by molar-refractivity contribution is 0.300. The molecule has 0 amide bonds. The van der Waals surface area contributed by atoms with Crippen molar-refractivity contribution in [2.24, 2.45) is 0 Å². The van der Waals surface area contributed by atoms with Gasteiger partial charge in [0, 0.05) is 17.3 Å². The highest BCUT2D eigenvalue weighted by atomic mass is 79.9. The minimum absolute atomic E-state index is 0.0816. The summed E-state index contributed by atoms with van der Waals surface area (Å²) in [6.45, 7) is 0.0816. The van der Waals surface area contributed by atoms with E-state index in [9.17, 15) is 9.90 Å². The number of hydrogen-bond donors (Lipinski definition) is 2. The highest BCUT2D eigenvalue weighted by Crippen LogP contribution is 2.31. The van der Waals surface area contributed by atoms with Crippen molar-refractivity contribution in [3.05, 3.63) is 81.2 Å². The fourth-order valence-electron chi connectivity index (χ4n) is 3.34. The largest absolute Gasteiger partial charge is 0.396 e. The molecule has 4 heteroatoms. The second kappa shape index (κ2) is 6.47. The van der Waals surface area contributed by atoms with E-state index in [1.807, 2.05) is 30.3 Å². The maximum atomic E-state index is 12.4. The molecule has 0 unspecified atom stereocenters. The molecular weight excluding hydrogens is 378 g/mol. The van der Waals surface area contributed by atoms with Gasteiger partial charge in [-0.1, -0.05) is 46.3 Å². The lowest BCUT2D eigenvalue weighted by Gasteiger charge is -2.11. The van der Waals surface area contributed by atoms with Gasteiger partial charge in [0.2, 0.25) is 0 Å². The van der Waals surface area contributed by atoms with Crippen molar-refractivity contribution in [1.82, 2.24) is 4.98 Å². The molecular formula is C21H16BrNO2. The lowest BCUT2D eigenvalue weighted by Crippen LogP contribution is -2.06. The van der Waals surface area contributed by atoms with E-state index >= 15 is 0 Å². The Morgan fingerprint density at radius 2 is 1.68 bits per heavy atom. The summed E-state index contributed by atoms with van der Waals surface area (Å²) in [7, 11) is 0. The highest BCUT2D eigenvalue weighted by Gasteiger charge is 2.10. The molecule has 25 heavy (non-hydrogen) atoms. The second-order valence-corrected chi connectivity index (χ2v) is 6.96. The van der Waals surface area contributed by atoms with Gasteiger partial charge in [0.15, 0.2) is 0 Å². The van der Waals surface area contributed by atoms with Gasteiger partial charge in [0.05, 0.1) is 5.39 Å². The van der Waals surface area contributed by atoms with Gasteiger partial charge in [0.1, 0.15) is 0 Å². The van der Waals surface area contributed by atoms with Crippen LogP contribution in [0.4, 0.5) is 0 Å². The van der Waals surface area contributed by atoms with Gasteiger partial charge in [-0.25, -0.2) is 0 Å². The van der Waals surface area contributed by atoms with Crippen LogP contribution in [-0.4, -0.2) is 16.7 Å². The molecule has 4 aromatic rings. The average molecular weight is 394 g/mol. The maximum Gasteiger partial charge on any atom is 0.256 e. The van der Waals surface area contributed by atoms with Gasteiger partial charge in [0.25, 0.3) is 5.56 Å². The van der Waals surface area contributed by atoms with E-state index in [4.69, 9.17) is 0 Å². The van der Waals surface area contributed by atoms with Crippen molar-refractivity contribution >= 4 is 37.5 Å². The minimum atomic E-state index is -0.0917. The van der Waals surface area contributed by atoms with E-state index < -0.39 is 0 Å². The molecule has 0 saturated heterocycles. The summed E-state index contributed by atoms with van der Waals surface area (Å²) in [6, 6.07) is 18.2. The van der Waals surface area contributed by atoms with Gasteiger partial charge >= 0.3 is 0 Å². The van der Waals surface area contributed by atoms with E-state index in [2.05, 4.69) is 45.2 Å². The molecule has 0 spiro atoms. The molecule has 1 aromatic heterocycles. The second-order valence-electron chi connectivity index (χ2n) is 6.05. The highest BCUT2D eigenvalue weighted by molar-refractivity contribution is 9.10. The fourth-order valence-corrected chi connectivity index (χ4v) is 3.60. The summed E-state index contributed by atoms with van der Waals surface area (Å²) < 4.78 is 1.03. The molecule has 1 heterocycles. The van der Waals surface area contributed by atoms with Crippen LogP contribution in [0.3, 0.4) is 0 Å². The Kier molecular flexibility index (Phi) is 4.15. The molecule has 4 rings (SSSR count). The normalized spacial score (nSPS) is 11.3. The number of aliphatic hydroxyl groups is 1. The number of aromatic amines is 1. The summed E-state index contributed by atoms with van der Waals surface area (Å²) in [5, 5.41) is 12.9. The molecule has 2 N–H and O–H groups in total. The van der Waals surface area contributed by atoms with Crippen LogP contribution in [0.1, 0.15) is 5.56 Å². The number of H-pyrrole nitrogens is 1. The molecule has 0 atom stereocenters. The minimum Gasteiger partial charge on any atom is -0.396 e. The maximum absolute atomic E-state index is 12.4. The average Bonchev–Trinajstić information content (AvgIpc) is 2.62. The zero-order valence-electron chi connectivity index (χ0n) is 13.4. The first kappa shape index (κ1) is 16.1. The molecule has 3 nitrogen and oxygen atoms in total. The van der Waals surface area contributed by atoms with Gasteiger partial charge in [-0.05, 0) is 63.5 Å². The van der Waals surface area contributed by atoms with Crippen molar-refractivity contribution < 1.29 is 5.11 Å². The van der Waals surface area contributed by atoms with Crippen LogP contribution in [-0.2, 0) is 6.42 Å². The molecule has 3 aromatic carbocycles. The number of hydrogen-bond acceptors (Lipinski definition) is 2. The van der Waals surface area contributed by atoms with Crippen LogP contribution < -0.4 is 5.56 Å². The zero-order chi connectivity index (χ0) is 17.4. The van der Waals surface area contributed by atoms with Crippen LogP contribution >= 0.6 is 15.9 Å². The molecule has 124 valence electrons. The Hall–Kier alpha value is -2.43. The standard InChI is InChI=1S/C21H16BrNO2/c22-17-4-1-13(2-5-17)14-3-6-18-15(8-10-24)11-16-7-9-23-21(25)20(16)19(18)12-14/h1-7,9,11-12,24H,8,10H2,(H,23,25). The molecule has 0 saturated carbocycles. The van der Waals surface area contributed by atoms with E-state index in [1.54, 1.807) is 6.20 Å². The predicted molar refractivity (Wildman–Crippen MR) is 106 cm³/mol. The number of aromatic nitrogens is 1. The van der Waals surface area contributed by atoms with Crippen LogP contribution in [0.15, 0.2) is 70.1 Å². The zero-order valence-corrected chi connectivity index (χ0v) is 15.0. The number of fused-ring (bicyclic) bond motifs is 3. The van der Waals surface area contributed by atoms with Crippen molar-refractivity contribution in [3.63, 3.8) is 0 Å². The molecule has 0 aliphatic rings. The number of rotatable bonds is 3. The van der Waals surface area contributed by atoms with E-state index in [0.29, 0.717) is 11.8 Å². The molecule has 0 aliphatic heterocycles. The van der Waals surface area contributed by atoms with Crippen LogP contribution in [0.25, 0.3) is 32.7 Å². The monoisotopic (exact) mass is 393 g/mol. The number of nitrogens with one attached hydrogen (secondary N) is 1. The van der Waals surface area contributed by atoms with Crippen molar-refractivity contribution in [3.8, 4) is 11.1 Å². The Balaban J connectivity index is 2.06. The Morgan fingerprint density at radius 1 is 0.920 bits per heavy atom. The third-order valence-corrected chi connectivity index (χ3v) is 5.05. The van der Waals surface area contributed by atoms with Crippen LogP contribution in [0.2, 0.25) is 0 Å². The first-order valence-corrected chi connectivity index (χ1v) is 8.90. The summed E-state index contributed by atoms with van der Waals surface area (Å²) in [4.78, 5) is 15.2. The third kappa shape index (κ3) is 2.88. The van der Waals surface area contributed by atoms with Gasteiger partial charge in [-0.15, -0.1) is 0 Å². The Labute approximate surface area is 153 Å². The van der Waals surface area contributed by atoms with Crippen LogP contribution in [0.5, 0.6) is 0 Å². The van der Waals surface area contributed by atoms with E-state index in [-0.39, 0.29) is 12.2 Å². The van der Waals surface area contributed by atoms with Gasteiger partial charge in [-0.2, -0.15) is 0 Å². The molecule has 0 fully saturated rings. The van der Waals surface area contributed by atoms with Crippen molar-refractivity contribution in [2.45, 2.75) is 6.42 Å². The van der Waals surface area contributed by atoms with E-state index in [1.165, 1.54) is 0 Å². The first-order chi connectivity index (χ1) is 12.2. The van der Waals surface area contributed by atoms with Gasteiger partial charge in [-0.3, -0.25) is 4.79 Å².